The molecule has 0 unspecified atom stereocenters. The summed E-state index contributed by atoms with van der Waals surface area (Å²) < 4.78 is 4.65. The standard InChI is InChI=1S/C19H25N3O5/c1-12(2)10-22(8-7-17(24)27-4)11-16(23)20-13-5-6-14-15(9-13)19(26)21(3)18(14)25/h5-6,9,12H,7-8,10-11H2,1-4H3,(H,20,23). The highest BCUT2D eigenvalue weighted by Gasteiger charge is 2.32. The smallest absolute Gasteiger partial charge is 0.306 e. The van der Waals surface area contributed by atoms with E-state index in [1.807, 2.05) is 18.7 Å². The van der Waals surface area contributed by atoms with E-state index < -0.39 is 0 Å². The Hall–Kier alpha value is -2.74. The van der Waals surface area contributed by atoms with E-state index in [2.05, 4.69) is 10.1 Å². The molecule has 0 saturated heterocycles. The molecular formula is C19H25N3O5. The largest absolute Gasteiger partial charge is 0.469 e. The molecule has 1 aliphatic rings. The zero-order chi connectivity index (χ0) is 20.1. The minimum absolute atomic E-state index is 0.110. The number of hydrogen-bond acceptors (Lipinski definition) is 6. The number of imide groups is 1. The fourth-order valence-corrected chi connectivity index (χ4v) is 2.95. The Balaban J connectivity index is 2.02. The van der Waals surface area contributed by atoms with Crippen LogP contribution in [-0.4, -0.2) is 67.3 Å². The van der Waals surface area contributed by atoms with Crippen LogP contribution < -0.4 is 5.32 Å². The second kappa shape index (κ2) is 8.77. The van der Waals surface area contributed by atoms with Gasteiger partial charge in [0.05, 0.1) is 31.2 Å². The topological polar surface area (TPSA) is 96.0 Å². The highest BCUT2D eigenvalue weighted by molar-refractivity contribution is 6.21. The van der Waals surface area contributed by atoms with Crippen LogP contribution in [0.5, 0.6) is 0 Å². The Labute approximate surface area is 158 Å². The van der Waals surface area contributed by atoms with E-state index in [0.29, 0.717) is 30.3 Å². The average Bonchev–Trinajstić information content (AvgIpc) is 2.83. The fraction of sp³-hybridized carbons (Fsp3) is 0.474. The van der Waals surface area contributed by atoms with Crippen molar-refractivity contribution in [2.75, 3.05) is 39.1 Å². The molecule has 0 fully saturated rings. The van der Waals surface area contributed by atoms with E-state index in [-0.39, 0.29) is 42.2 Å². The van der Waals surface area contributed by atoms with E-state index >= 15 is 0 Å². The maximum absolute atomic E-state index is 12.4. The van der Waals surface area contributed by atoms with Gasteiger partial charge in [-0.15, -0.1) is 0 Å². The number of esters is 1. The summed E-state index contributed by atoms with van der Waals surface area (Å²) in [7, 11) is 2.76. The lowest BCUT2D eigenvalue weighted by Crippen LogP contribution is -2.37. The molecule has 0 spiro atoms. The normalized spacial score (nSPS) is 13.3. The molecule has 1 aromatic rings. The van der Waals surface area contributed by atoms with Gasteiger partial charge in [-0.1, -0.05) is 13.8 Å². The van der Waals surface area contributed by atoms with Crippen molar-refractivity contribution in [1.29, 1.82) is 0 Å². The number of nitrogens with zero attached hydrogens (tertiary/aromatic N) is 2. The van der Waals surface area contributed by atoms with Gasteiger partial charge in [0.15, 0.2) is 0 Å². The summed E-state index contributed by atoms with van der Waals surface area (Å²) in [6.07, 6.45) is 0.207. The minimum Gasteiger partial charge on any atom is -0.469 e. The Bertz CT molecular complexity index is 760. The van der Waals surface area contributed by atoms with Crippen LogP contribution in [0.3, 0.4) is 0 Å². The lowest BCUT2D eigenvalue weighted by atomic mass is 10.1. The fourth-order valence-electron chi connectivity index (χ4n) is 2.95. The monoisotopic (exact) mass is 375 g/mol. The van der Waals surface area contributed by atoms with E-state index in [1.165, 1.54) is 26.3 Å². The predicted octanol–water partition coefficient (Wildman–Crippen LogP) is 1.37. The number of rotatable bonds is 8. The Morgan fingerprint density at radius 1 is 1.19 bits per heavy atom. The number of ether oxygens (including phenoxy) is 1. The lowest BCUT2D eigenvalue weighted by molar-refractivity contribution is -0.141. The summed E-state index contributed by atoms with van der Waals surface area (Å²) in [5, 5.41) is 2.75. The Kier molecular flexibility index (Phi) is 6.68. The van der Waals surface area contributed by atoms with Crippen LogP contribution in [0.4, 0.5) is 5.69 Å². The molecule has 8 heteroatoms. The maximum atomic E-state index is 12.4. The Morgan fingerprint density at radius 3 is 2.48 bits per heavy atom. The van der Waals surface area contributed by atoms with Gasteiger partial charge in [-0.05, 0) is 24.1 Å². The van der Waals surface area contributed by atoms with Gasteiger partial charge in [0.25, 0.3) is 11.8 Å². The van der Waals surface area contributed by atoms with E-state index in [0.717, 1.165) is 4.90 Å². The SMILES string of the molecule is COC(=O)CCN(CC(=O)Nc1ccc2c(c1)C(=O)N(C)C2=O)CC(C)C. The van der Waals surface area contributed by atoms with Crippen molar-refractivity contribution >= 4 is 29.4 Å². The number of amides is 3. The molecule has 8 nitrogen and oxygen atoms in total. The molecule has 1 aromatic carbocycles. The third-order valence-corrected chi connectivity index (χ3v) is 4.22. The molecule has 1 N–H and O–H groups in total. The first-order chi connectivity index (χ1) is 12.7. The summed E-state index contributed by atoms with van der Waals surface area (Å²) in [4.78, 5) is 50.7. The lowest BCUT2D eigenvalue weighted by Gasteiger charge is -2.23. The molecule has 0 atom stereocenters. The van der Waals surface area contributed by atoms with Crippen LogP contribution in [0, 0.1) is 5.92 Å². The van der Waals surface area contributed by atoms with Crippen LogP contribution in [0.1, 0.15) is 41.0 Å². The summed E-state index contributed by atoms with van der Waals surface area (Å²) >= 11 is 0. The summed E-state index contributed by atoms with van der Waals surface area (Å²) in [6, 6.07) is 4.65. The number of hydrogen-bond donors (Lipinski definition) is 1. The molecule has 0 bridgehead atoms. The number of benzene rings is 1. The molecule has 3 amide bonds. The number of carbonyl (C=O) groups excluding carboxylic acids is 4. The van der Waals surface area contributed by atoms with E-state index in [9.17, 15) is 19.2 Å². The zero-order valence-electron chi connectivity index (χ0n) is 16.1. The maximum Gasteiger partial charge on any atom is 0.306 e. The number of fused-ring (bicyclic) bond motifs is 1. The average molecular weight is 375 g/mol. The Morgan fingerprint density at radius 2 is 1.85 bits per heavy atom. The van der Waals surface area contributed by atoms with Crippen LogP contribution in [0.2, 0.25) is 0 Å². The molecule has 2 rings (SSSR count). The molecule has 0 saturated carbocycles. The number of carbonyl (C=O) groups is 4. The van der Waals surface area contributed by atoms with Crippen molar-refractivity contribution in [3.05, 3.63) is 29.3 Å². The van der Waals surface area contributed by atoms with Crippen molar-refractivity contribution in [1.82, 2.24) is 9.80 Å². The molecular weight excluding hydrogens is 350 g/mol. The van der Waals surface area contributed by atoms with Gasteiger partial charge >= 0.3 is 5.97 Å². The first-order valence-corrected chi connectivity index (χ1v) is 8.78. The van der Waals surface area contributed by atoms with Crippen molar-refractivity contribution in [3.8, 4) is 0 Å². The molecule has 146 valence electrons. The number of anilines is 1. The third-order valence-electron chi connectivity index (χ3n) is 4.22. The van der Waals surface area contributed by atoms with E-state index in [4.69, 9.17) is 0 Å². The van der Waals surface area contributed by atoms with Crippen LogP contribution in [0.25, 0.3) is 0 Å². The van der Waals surface area contributed by atoms with Gasteiger partial charge in [0.1, 0.15) is 0 Å². The molecule has 27 heavy (non-hydrogen) atoms. The first kappa shape index (κ1) is 20.6. The highest BCUT2D eigenvalue weighted by Crippen LogP contribution is 2.24. The van der Waals surface area contributed by atoms with Crippen molar-refractivity contribution in [2.24, 2.45) is 5.92 Å². The molecule has 1 aliphatic heterocycles. The van der Waals surface area contributed by atoms with Gasteiger partial charge in [-0.2, -0.15) is 0 Å². The second-order valence-electron chi connectivity index (χ2n) is 6.93. The van der Waals surface area contributed by atoms with Crippen molar-refractivity contribution in [3.63, 3.8) is 0 Å². The van der Waals surface area contributed by atoms with Gasteiger partial charge in [0, 0.05) is 25.8 Å². The quantitative estimate of drug-likeness (QED) is 0.545. The first-order valence-electron chi connectivity index (χ1n) is 8.78. The van der Waals surface area contributed by atoms with Gasteiger partial charge in [0.2, 0.25) is 5.91 Å². The summed E-state index contributed by atoms with van der Waals surface area (Å²) in [6.45, 7) is 5.25. The minimum atomic E-state index is -0.384. The van der Waals surface area contributed by atoms with E-state index in [1.54, 1.807) is 6.07 Å². The molecule has 0 radical (unpaired) electrons. The van der Waals surface area contributed by atoms with Gasteiger partial charge in [-0.25, -0.2) is 0 Å². The number of methoxy groups -OCH3 is 1. The molecule has 0 aliphatic carbocycles. The van der Waals surface area contributed by atoms with Gasteiger partial charge in [-0.3, -0.25) is 29.0 Å². The van der Waals surface area contributed by atoms with Crippen molar-refractivity contribution in [2.45, 2.75) is 20.3 Å². The molecule has 1 heterocycles. The summed E-state index contributed by atoms with van der Waals surface area (Å²) in [5.74, 6) is -0.986. The third kappa shape index (κ3) is 5.13. The zero-order valence-corrected chi connectivity index (χ0v) is 16.1. The van der Waals surface area contributed by atoms with Crippen LogP contribution >= 0.6 is 0 Å². The van der Waals surface area contributed by atoms with Crippen molar-refractivity contribution < 1.29 is 23.9 Å². The number of nitrogens with one attached hydrogen (secondary N) is 1. The molecule has 0 aromatic heterocycles. The predicted molar refractivity (Wildman–Crippen MR) is 99.4 cm³/mol. The second-order valence-corrected chi connectivity index (χ2v) is 6.93. The van der Waals surface area contributed by atoms with Crippen LogP contribution in [0.15, 0.2) is 18.2 Å². The van der Waals surface area contributed by atoms with Gasteiger partial charge < -0.3 is 10.1 Å². The summed E-state index contributed by atoms with van der Waals surface area (Å²) in [5.41, 5.74) is 1.07. The highest BCUT2D eigenvalue weighted by atomic mass is 16.5. The van der Waals surface area contributed by atoms with Crippen LogP contribution in [-0.2, 0) is 14.3 Å².